The molecule has 0 N–H and O–H groups in total. The largest absolute Gasteiger partial charge is 0.469 e. The average Bonchev–Trinajstić information content (AvgIpc) is 2.87. The molecule has 4 nitrogen and oxygen atoms in total. The third-order valence-electron chi connectivity index (χ3n) is 2.49. The van der Waals surface area contributed by atoms with E-state index in [0.717, 1.165) is 13.0 Å². The molecule has 0 aliphatic carbocycles. The first-order valence-electron chi connectivity index (χ1n) is 5.34. The molecule has 0 saturated carbocycles. The van der Waals surface area contributed by atoms with Crippen molar-refractivity contribution in [2.45, 2.75) is 26.8 Å². The standard InChI is InChI=1S/C12H14N2O2/c1-3-6-14-7-5-13-12(14)11(15)10-4-8-16-9(10)2/h4-5,7-8H,3,6H2,1-2H3. The van der Waals surface area contributed by atoms with Gasteiger partial charge in [-0.15, -0.1) is 0 Å². The fourth-order valence-corrected chi connectivity index (χ4v) is 1.68. The fraction of sp³-hybridized carbons (Fsp3) is 0.333. The van der Waals surface area contributed by atoms with E-state index in [4.69, 9.17) is 4.42 Å². The predicted molar refractivity (Wildman–Crippen MR) is 59.4 cm³/mol. The van der Waals surface area contributed by atoms with Gasteiger partial charge in [-0.05, 0) is 19.4 Å². The molecule has 0 radical (unpaired) electrons. The number of furan rings is 1. The zero-order valence-electron chi connectivity index (χ0n) is 9.43. The van der Waals surface area contributed by atoms with Crippen molar-refractivity contribution in [3.8, 4) is 0 Å². The first-order chi connectivity index (χ1) is 7.74. The van der Waals surface area contributed by atoms with Gasteiger partial charge in [0.1, 0.15) is 5.76 Å². The Bertz CT molecular complexity index is 497. The number of rotatable bonds is 4. The Kier molecular flexibility index (Phi) is 2.90. The molecule has 0 aliphatic heterocycles. The van der Waals surface area contributed by atoms with E-state index in [1.54, 1.807) is 19.2 Å². The van der Waals surface area contributed by atoms with E-state index in [2.05, 4.69) is 11.9 Å². The molecule has 0 bridgehead atoms. The van der Waals surface area contributed by atoms with Gasteiger partial charge in [0, 0.05) is 18.9 Å². The number of ketones is 1. The summed E-state index contributed by atoms with van der Waals surface area (Å²) in [7, 11) is 0. The molecule has 2 aromatic heterocycles. The zero-order chi connectivity index (χ0) is 11.5. The van der Waals surface area contributed by atoms with Gasteiger partial charge in [-0.2, -0.15) is 0 Å². The molecule has 0 atom stereocenters. The molecule has 0 saturated heterocycles. The topological polar surface area (TPSA) is 48.0 Å². The van der Waals surface area contributed by atoms with E-state index in [1.807, 2.05) is 10.8 Å². The van der Waals surface area contributed by atoms with Crippen molar-refractivity contribution in [2.24, 2.45) is 0 Å². The van der Waals surface area contributed by atoms with Crippen molar-refractivity contribution in [1.29, 1.82) is 0 Å². The SMILES string of the molecule is CCCn1ccnc1C(=O)c1ccoc1C. The summed E-state index contributed by atoms with van der Waals surface area (Å²) in [6.07, 6.45) is 5.97. The molecule has 16 heavy (non-hydrogen) atoms. The van der Waals surface area contributed by atoms with E-state index >= 15 is 0 Å². The first-order valence-corrected chi connectivity index (χ1v) is 5.34. The summed E-state index contributed by atoms with van der Waals surface area (Å²) < 4.78 is 7.00. The summed E-state index contributed by atoms with van der Waals surface area (Å²) in [6.45, 7) is 4.65. The van der Waals surface area contributed by atoms with Crippen LogP contribution in [0.25, 0.3) is 0 Å². The van der Waals surface area contributed by atoms with Gasteiger partial charge in [0.25, 0.3) is 0 Å². The summed E-state index contributed by atoms with van der Waals surface area (Å²) >= 11 is 0. The van der Waals surface area contributed by atoms with Crippen LogP contribution >= 0.6 is 0 Å². The molecular formula is C12H14N2O2. The molecule has 2 heterocycles. The summed E-state index contributed by atoms with van der Waals surface area (Å²) in [5.41, 5.74) is 0.587. The Morgan fingerprint density at radius 3 is 3.00 bits per heavy atom. The molecular weight excluding hydrogens is 204 g/mol. The van der Waals surface area contributed by atoms with Crippen LogP contribution < -0.4 is 0 Å². The Hall–Kier alpha value is -1.84. The van der Waals surface area contributed by atoms with Gasteiger partial charge < -0.3 is 8.98 Å². The highest BCUT2D eigenvalue weighted by Crippen LogP contribution is 2.14. The smallest absolute Gasteiger partial charge is 0.231 e. The van der Waals surface area contributed by atoms with Crippen LogP contribution in [0.15, 0.2) is 29.1 Å². The lowest BCUT2D eigenvalue weighted by Gasteiger charge is -2.04. The monoisotopic (exact) mass is 218 g/mol. The number of hydrogen-bond donors (Lipinski definition) is 0. The summed E-state index contributed by atoms with van der Waals surface area (Å²) in [5.74, 6) is 1.03. The van der Waals surface area contributed by atoms with Crippen LogP contribution in [0, 0.1) is 6.92 Å². The number of carbonyl (C=O) groups excluding carboxylic acids is 1. The van der Waals surface area contributed by atoms with E-state index < -0.39 is 0 Å². The summed E-state index contributed by atoms with van der Waals surface area (Å²) in [6, 6.07) is 1.68. The second-order valence-corrected chi connectivity index (χ2v) is 3.66. The lowest BCUT2D eigenvalue weighted by molar-refractivity contribution is 0.102. The van der Waals surface area contributed by atoms with E-state index in [9.17, 15) is 4.79 Å². The van der Waals surface area contributed by atoms with Crippen molar-refractivity contribution >= 4 is 5.78 Å². The second kappa shape index (κ2) is 4.35. The third-order valence-corrected chi connectivity index (χ3v) is 2.49. The van der Waals surface area contributed by atoms with Crippen molar-refractivity contribution in [2.75, 3.05) is 0 Å². The first kappa shape index (κ1) is 10.7. The molecule has 0 unspecified atom stereocenters. The quantitative estimate of drug-likeness (QED) is 0.740. The third kappa shape index (κ3) is 1.78. The van der Waals surface area contributed by atoms with E-state index in [-0.39, 0.29) is 5.78 Å². The lowest BCUT2D eigenvalue weighted by atomic mass is 10.1. The van der Waals surface area contributed by atoms with Crippen LogP contribution in [0.5, 0.6) is 0 Å². The van der Waals surface area contributed by atoms with Crippen LogP contribution in [0.4, 0.5) is 0 Å². The Morgan fingerprint density at radius 1 is 1.56 bits per heavy atom. The molecule has 0 spiro atoms. The number of aryl methyl sites for hydroxylation is 2. The zero-order valence-corrected chi connectivity index (χ0v) is 9.43. The highest BCUT2D eigenvalue weighted by Gasteiger charge is 2.18. The average molecular weight is 218 g/mol. The second-order valence-electron chi connectivity index (χ2n) is 3.66. The maximum absolute atomic E-state index is 12.1. The highest BCUT2D eigenvalue weighted by molar-refractivity contribution is 6.07. The van der Waals surface area contributed by atoms with Gasteiger partial charge in [0.2, 0.25) is 5.78 Å². The van der Waals surface area contributed by atoms with Gasteiger partial charge in [-0.3, -0.25) is 4.79 Å². The maximum Gasteiger partial charge on any atom is 0.231 e. The number of carbonyl (C=O) groups is 1. The number of hydrogen-bond acceptors (Lipinski definition) is 3. The van der Waals surface area contributed by atoms with Crippen LogP contribution in [0.1, 0.15) is 35.3 Å². The molecule has 2 aromatic rings. The van der Waals surface area contributed by atoms with Gasteiger partial charge in [0.15, 0.2) is 5.82 Å². The van der Waals surface area contributed by atoms with Crippen molar-refractivity contribution in [3.05, 3.63) is 41.9 Å². The van der Waals surface area contributed by atoms with Gasteiger partial charge >= 0.3 is 0 Å². The Morgan fingerprint density at radius 2 is 2.38 bits per heavy atom. The minimum Gasteiger partial charge on any atom is -0.469 e. The summed E-state index contributed by atoms with van der Waals surface area (Å²) in [5, 5.41) is 0. The molecule has 0 aliphatic rings. The van der Waals surface area contributed by atoms with E-state index in [0.29, 0.717) is 17.1 Å². The lowest BCUT2D eigenvalue weighted by Crippen LogP contribution is -2.11. The van der Waals surface area contributed by atoms with Crippen LogP contribution in [-0.4, -0.2) is 15.3 Å². The maximum atomic E-state index is 12.1. The highest BCUT2D eigenvalue weighted by atomic mass is 16.3. The minimum atomic E-state index is -0.0790. The molecule has 4 heteroatoms. The molecule has 0 amide bonds. The molecule has 0 aromatic carbocycles. The van der Waals surface area contributed by atoms with Gasteiger partial charge in [-0.25, -0.2) is 4.98 Å². The molecule has 0 fully saturated rings. The number of imidazole rings is 1. The van der Waals surface area contributed by atoms with Crippen molar-refractivity contribution < 1.29 is 9.21 Å². The normalized spacial score (nSPS) is 10.6. The van der Waals surface area contributed by atoms with Crippen LogP contribution in [0.2, 0.25) is 0 Å². The van der Waals surface area contributed by atoms with Crippen LogP contribution in [-0.2, 0) is 6.54 Å². The molecule has 84 valence electrons. The Balaban J connectivity index is 2.34. The van der Waals surface area contributed by atoms with Gasteiger partial charge in [0.05, 0.1) is 11.8 Å². The Labute approximate surface area is 93.9 Å². The minimum absolute atomic E-state index is 0.0790. The number of nitrogens with zero attached hydrogens (tertiary/aromatic N) is 2. The van der Waals surface area contributed by atoms with Crippen molar-refractivity contribution in [3.63, 3.8) is 0 Å². The van der Waals surface area contributed by atoms with Crippen LogP contribution in [0.3, 0.4) is 0 Å². The van der Waals surface area contributed by atoms with E-state index in [1.165, 1.54) is 6.26 Å². The molecule has 2 rings (SSSR count). The van der Waals surface area contributed by atoms with Gasteiger partial charge in [-0.1, -0.05) is 6.92 Å². The predicted octanol–water partition coefficient (Wildman–Crippen LogP) is 2.43. The number of aromatic nitrogens is 2. The fourth-order valence-electron chi connectivity index (χ4n) is 1.68. The summed E-state index contributed by atoms with van der Waals surface area (Å²) in [4.78, 5) is 16.2. The van der Waals surface area contributed by atoms with Crippen molar-refractivity contribution in [1.82, 2.24) is 9.55 Å².